The molecule has 4 rings (SSSR count). The van der Waals surface area contributed by atoms with E-state index in [1.807, 2.05) is 42.2 Å². The number of halogens is 1. The summed E-state index contributed by atoms with van der Waals surface area (Å²) in [6.45, 7) is 3.79. The molecule has 2 aromatic heterocycles. The smallest absolute Gasteiger partial charge is 0.254 e. The van der Waals surface area contributed by atoms with E-state index in [1.54, 1.807) is 12.4 Å². The number of aryl methyl sites for hydroxylation is 1. The molecule has 1 amide bonds. The molecule has 1 fully saturated rings. The second-order valence-electron chi connectivity index (χ2n) is 7.68. The predicted octanol–water partition coefficient (Wildman–Crippen LogP) is 4.52. The third-order valence-electron chi connectivity index (χ3n) is 5.35. The Morgan fingerprint density at radius 2 is 2.13 bits per heavy atom. The van der Waals surface area contributed by atoms with Gasteiger partial charge in [-0.15, -0.1) is 0 Å². The van der Waals surface area contributed by atoms with Gasteiger partial charge in [-0.25, -0.2) is 9.37 Å². The number of hydrogen-bond acceptors (Lipinski definition) is 4. The topological polar surface area (TPSA) is 55.3 Å². The summed E-state index contributed by atoms with van der Waals surface area (Å²) in [5.41, 5.74) is 3.57. The van der Waals surface area contributed by atoms with E-state index in [9.17, 15) is 9.18 Å². The maximum Gasteiger partial charge on any atom is 0.254 e. The van der Waals surface area contributed by atoms with Crippen LogP contribution in [0, 0.1) is 18.7 Å². The third-order valence-corrected chi connectivity index (χ3v) is 5.35. The number of ether oxygens (including phenoxy) is 1. The molecular formula is C24H24FN3O2. The first-order valence-electron chi connectivity index (χ1n) is 10.1. The van der Waals surface area contributed by atoms with Crippen LogP contribution in [0.2, 0.25) is 0 Å². The SMILES string of the molecule is Cc1ccc(-c2cccnc2)c(C(=O)N2CCCC(COc3ccc(F)cn3)C2)c1. The highest BCUT2D eigenvalue weighted by Crippen LogP contribution is 2.27. The molecule has 1 aromatic carbocycles. The molecule has 5 nitrogen and oxygen atoms in total. The number of nitrogens with zero attached hydrogens (tertiary/aromatic N) is 3. The summed E-state index contributed by atoms with van der Waals surface area (Å²) in [6, 6.07) is 12.7. The molecule has 0 aliphatic carbocycles. The van der Waals surface area contributed by atoms with E-state index in [1.165, 1.54) is 12.1 Å². The average Bonchev–Trinajstić information content (AvgIpc) is 2.79. The molecule has 1 aliphatic heterocycles. The normalized spacial score (nSPS) is 16.3. The van der Waals surface area contributed by atoms with Crippen LogP contribution in [0.25, 0.3) is 11.1 Å². The van der Waals surface area contributed by atoms with Crippen molar-refractivity contribution in [2.45, 2.75) is 19.8 Å². The van der Waals surface area contributed by atoms with E-state index in [0.29, 0.717) is 24.6 Å². The summed E-state index contributed by atoms with van der Waals surface area (Å²) in [4.78, 5) is 23.5. The van der Waals surface area contributed by atoms with Gasteiger partial charge in [0.2, 0.25) is 5.88 Å². The Labute approximate surface area is 175 Å². The minimum atomic E-state index is -0.389. The maximum absolute atomic E-state index is 13.4. The van der Waals surface area contributed by atoms with Gasteiger partial charge in [0.15, 0.2) is 0 Å². The van der Waals surface area contributed by atoms with Crippen LogP contribution in [-0.2, 0) is 0 Å². The van der Waals surface area contributed by atoms with Gasteiger partial charge in [0.05, 0.1) is 12.8 Å². The molecule has 3 heterocycles. The minimum absolute atomic E-state index is 0.0298. The molecule has 154 valence electrons. The summed E-state index contributed by atoms with van der Waals surface area (Å²) >= 11 is 0. The zero-order chi connectivity index (χ0) is 20.9. The first-order valence-corrected chi connectivity index (χ1v) is 10.1. The summed E-state index contributed by atoms with van der Waals surface area (Å²) < 4.78 is 18.7. The van der Waals surface area contributed by atoms with Gasteiger partial charge in [-0.05, 0) is 43.5 Å². The van der Waals surface area contributed by atoms with E-state index in [2.05, 4.69) is 9.97 Å². The zero-order valence-electron chi connectivity index (χ0n) is 16.9. The van der Waals surface area contributed by atoms with E-state index < -0.39 is 0 Å². The van der Waals surface area contributed by atoms with Gasteiger partial charge in [-0.2, -0.15) is 0 Å². The Morgan fingerprint density at radius 1 is 1.23 bits per heavy atom. The summed E-state index contributed by atoms with van der Waals surface area (Å²) in [7, 11) is 0. The molecule has 0 saturated carbocycles. The van der Waals surface area contributed by atoms with Gasteiger partial charge in [-0.1, -0.05) is 23.8 Å². The lowest BCUT2D eigenvalue weighted by atomic mass is 9.95. The van der Waals surface area contributed by atoms with Gasteiger partial charge in [0.25, 0.3) is 5.91 Å². The van der Waals surface area contributed by atoms with Crippen molar-refractivity contribution in [1.29, 1.82) is 0 Å². The highest BCUT2D eigenvalue weighted by molar-refractivity contribution is 6.01. The van der Waals surface area contributed by atoms with E-state index in [0.717, 1.165) is 42.3 Å². The van der Waals surface area contributed by atoms with Gasteiger partial charge in [-0.3, -0.25) is 9.78 Å². The monoisotopic (exact) mass is 405 g/mol. The first-order chi connectivity index (χ1) is 14.6. The van der Waals surface area contributed by atoms with Crippen LogP contribution in [-0.4, -0.2) is 40.5 Å². The molecule has 1 aliphatic rings. The minimum Gasteiger partial charge on any atom is -0.477 e. The quantitative estimate of drug-likeness (QED) is 0.626. The van der Waals surface area contributed by atoms with Crippen LogP contribution in [0.4, 0.5) is 4.39 Å². The van der Waals surface area contributed by atoms with Crippen LogP contribution in [0.15, 0.2) is 61.1 Å². The van der Waals surface area contributed by atoms with E-state index >= 15 is 0 Å². The fraction of sp³-hybridized carbons (Fsp3) is 0.292. The Morgan fingerprint density at radius 3 is 2.90 bits per heavy atom. The van der Waals surface area contributed by atoms with E-state index in [-0.39, 0.29) is 17.6 Å². The van der Waals surface area contributed by atoms with E-state index in [4.69, 9.17) is 4.74 Å². The van der Waals surface area contributed by atoms with Crippen molar-refractivity contribution < 1.29 is 13.9 Å². The molecular weight excluding hydrogens is 381 g/mol. The lowest BCUT2D eigenvalue weighted by molar-refractivity contribution is 0.0632. The number of aromatic nitrogens is 2. The molecule has 30 heavy (non-hydrogen) atoms. The number of carbonyl (C=O) groups is 1. The largest absolute Gasteiger partial charge is 0.477 e. The summed E-state index contributed by atoms with van der Waals surface area (Å²) in [5, 5.41) is 0. The van der Waals surface area contributed by atoms with Gasteiger partial charge >= 0.3 is 0 Å². The van der Waals surface area contributed by atoms with Crippen molar-refractivity contribution in [3.05, 3.63) is 78.0 Å². The van der Waals surface area contributed by atoms with Crippen LogP contribution in [0.1, 0.15) is 28.8 Å². The summed E-state index contributed by atoms with van der Waals surface area (Å²) in [6.07, 6.45) is 6.55. The van der Waals surface area contributed by atoms with Crippen molar-refractivity contribution in [2.75, 3.05) is 19.7 Å². The number of pyridine rings is 2. The number of benzene rings is 1. The zero-order valence-corrected chi connectivity index (χ0v) is 16.9. The molecule has 6 heteroatoms. The molecule has 1 atom stereocenters. The molecule has 3 aromatic rings. The van der Waals surface area contributed by atoms with Crippen LogP contribution < -0.4 is 4.74 Å². The predicted molar refractivity (Wildman–Crippen MR) is 113 cm³/mol. The molecule has 1 unspecified atom stereocenters. The molecule has 0 bridgehead atoms. The maximum atomic E-state index is 13.4. The lowest BCUT2D eigenvalue weighted by Gasteiger charge is -2.33. The molecule has 0 spiro atoms. The van der Waals surface area contributed by atoms with Gasteiger partial charge in [0.1, 0.15) is 5.82 Å². The van der Waals surface area contributed by atoms with Crippen molar-refractivity contribution >= 4 is 5.91 Å². The lowest BCUT2D eigenvalue weighted by Crippen LogP contribution is -2.41. The van der Waals surface area contributed by atoms with Crippen molar-refractivity contribution in [2.24, 2.45) is 5.92 Å². The number of hydrogen-bond donors (Lipinski definition) is 0. The number of likely N-dealkylation sites (tertiary alicyclic amines) is 1. The average molecular weight is 405 g/mol. The Kier molecular flexibility index (Phi) is 6.02. The summed E-state index contributed by atoms with van der Waals surface area (Å²) in [5.74, 6) is 0.250. The molecule has 0 radical (unpaired) electrons. The number of piperidine rings is 1. The highest BCUT2D eigenvalue weighted by atomic mass is 19.1. The standard InChI is InChI=1S/C24H24FN3O2/c1-17-6-8-21(19-5-2-10-26-13-19)22(12-17)24(29)28-11-3-4-18(15-28)16-30-23-9-7-20(25)14-27-23/h2,5-10,12-14,18H,3-4,11,15-16H2,1H3. The Bertz CT molecular complexity index is 1010. The van der Waals surface area contributed by atoms with Crippen LogP contribution in [0.5, 0.6) is 5.88 Å². The Hall–Kier alpha value is -3.28. The van der Waals surface area contributed by atoms with Gasteiger partial charge < -0.3 is 9.64 Å². The second kappa shape index (κ2) is 9.03. The molecule has 1 saturated heterocycles. The van der Waals surface area contributed by atoms with Crippen molar-refractivity contribution in [1.82, 2.24) is 14.9 Å². The third kappa shape index (κ3) is 4.64. The highest BCUT2D eigenvalue weighted by Gasteiger charge is 2.26. The number of carbonyl (C=O) groups excluding carboxylic acids is 1. The van der Waals surface area contributed by atoms with Crippen molar-refractivity contribution in [3.63, 3.8) is 0 Å². The van der Waals surface area contributed by atoms with Crippen LogP contribution in [0.3, 0.4) is 0 Å². The molecule has 0 N–H and O–H groups in total. The fourth-order valence-corrected chi connectivity index (χ4v) is 3.82. The number of rotatable bonds is 5. The first kappa shape index (κ1) is 20.0. The Balaban J connectivity index is 1.48. The van der Waals surface area contributed by atoms with Crippen molar-refractivity contribution in [3.8, 4) is 17.0 Å². The second-order valence-corrected chi connectivity index (χ2v) is 7.68. The van der Waals surface area contributed by atoms with Crippen LogP contribution >= 0.6 is 0 Å². The fourth-order valence-electron chi connectivity index (χ4n) is 3.82. The van der Waals surface area contributed by atoms with Gasteiger partial charge in [0, 0.05) is 48.6 Å². The number of amides is 1.